The molecular weight excluding hydrogens is 362 g/mol. The van der Waals surface area contributed by atoms with E-state index in [4.69, 9.17) is 11.6 Å². The van der Waals surface area contributed by atoms with Crippen LogP contribution in [0.25, 0.3) is 16.6 Å². The Labute approximate surface area is 161 Å². The van der Waals surface area contributed by atoms with Crippen molar-refractivity contribution in [2.75, 3.05) is 11.9 Å². The fraction of sp³-hybridized carbons (Fsp3) is 0.150. The lowest BCUT2D eigenvalue weighted by Crippen LogP contribution is -2.26. The highest BCUT2D eigenvalue weighted by atomic mass is 35.5. The van der Waals surface area contributed by atoms with E-state index in [9.17, 15) is 4.79 Å². The Hall–Kier alpha value is -3.12. The molecule has 0 spiro atoms. The number of halogens is 1. The summed E-state index contributed by atoms with van der Waals surface area (Å²) in [4.78, 5) is 21.6. The molecule has 6 nitrogen and oxygen atoms in total. The molecule has 3 heterocycles. The van der Waals surface area contributed by atoms with E-state index in [2.05, 4.69) is 27.2 Å². The molecule has 0 radical (unpaired) electrons. The molecule has 4 aromatic rings. The summed E-state index contributed by atoms with van der Waals surface area (Å²) in [6, 6.07) is 13.8. The van der Waals surface area contributed by atoms with E-state index in [1.54, 1.807) is 35.2 Å². The van der Waals surface area contributed by atoms with Crippen molar-refractivity contribution in [3.63, 3.8) is 0 Å². The summed E-state index contributed by atoms with van der Waals surface area (Å²) >= 11 is 6.25. The molecular formula is C20H18ClN5O. The Morgan fingerprint density at radius 1 is 1.26 bits per heavy atom. The highest BCUT2D eigenvalue weighted by Gasteiger charge is 2.18. The number of amides is 1. The maximum Gasteiger partial charge on any atom is 0.227 e. The van der Waals surface area contributed by atoms with Crippen molar-refractivity contribution < 1.29 is 4.79 Å². The summed E-state index contributed by atoms with van der Waals surface area (Å²) in [5.74, 6) is -0.0266. The zero-order valence-electron chi connectivity index (χ0n) is 14.8. The van der Waals surface area contributed by atoms with Crippen molar-refractivity contribution in [1.29, 1.82) is 0 Å². The summed E-state index contributed by atoms with van der Waals surface area (Å²) in [5.41, 5.74) is 3.47. The number of rotatable bonds is 5. The number of aromatic nitrogens is 4. The third-order valence-corrected chi connectivity index (χ3v) is 4.76. The molecule has 3 aromatic heterocycles. The van der Waals surface area contributed by atoms with Gasteiger partial charge in [-0.05, 0) is 36.1 Å². The minimum Gasteiger partial charge on any atom is -0.358 e. The summed E-state index contributed by atoms with van der Waals surface area (Å²) in [5, 5.41) is 5.70. The lowest BCUT2D eigenvalue weighted by Gasteiger charge is -2.15. The van der Waals surface area contributed by atoms with E-state index >= 15 is 0 Å². The Morgan fingerprint density at radius 3 is 2.89 bits per heavy atom. The number of anilines is 1. The van der Waals surface area contributed by atoms with E-state index in [1.165, 1.54) is 0 Å². The summed E-state index contributed by atoms with van der Waals surface area (Å²) in [6.07, 6.45) is 6.12. The van der Waals surface area contributed by atoms with Gasteiger partial charge in [0.1, 0.15) is 5.69 Å². The van der Waals surface area contributed by atoms with E-state index in [1.807, 2.05) is 30.3 Å². The van der Waals surface area contributed by atoms with Crippen molar-refractivity contribution in [2.45, 2.75) is 12.8 Å². The third-order valence-electron chi connectivity index (χ3n) is 4.49. The fourth-order valence-electron chi connectivity index (χ4n) is 3.00. The molecule has 0 bridgehead atoms. The SMILES string of the molecule is CN(C(=O)CCc1cc2ccccc2[nH]1)c1cn(-c2cccnc2)nc1Cl. The van der Waals surface area contributed by atoms with Crippen molar-refractivity contribution in [2.24, 2.45) is 0 Å². The van der Waals surface area contributed by atoms with Crippen molar-refractivity contribution >= 4 is 34.1 Å². The van der Waals surface area contributed by atoms with Gasteiger partial charge in [0.15, 0.2) is 5.15 Å². The topological polar surface area (TPSA) is 66.8 Å². The minimum atomic E-state index is -0.0266. The highest BCUT2D eigenvalue weighted by Crippen LogP contribution is 2.26. The maximum atomic E-state index is 12.6. The molecule has 1 N–H and O–H groups in total. The molecule has 136 valence electrons. The van der Waals surface area contributed by atoms with Gasteiger partial charge in [0.2, 0.25) is 5.91 Å². The molecule has 0 fully saturated rings. The van der Waals surface area contributed by atoms with Gasteiger partial charge in [-0.3, -0.25) is 9.78 Å². The number of fused-ring (bicyclic) bond motifs is 1. The molecule has 1 amide bonds. The van der Waals surface area contributed by atoms with E-state index in [-0.39, 0.29) is 11.1 Å². The molecule has 0 unspecified atom stereocenters. The van der Waals surface area contributed by atoms with Crippen LogP contribution in [0, 0.1) is 0 Å². The number of carbonyl (C=O) groups is 1. The number of benzene rings is 1. The molecule has 0 saturated carbocycles. The van der Waals surface area contributed by atoms with Crippen LogP contribution in [0.2, 0.25) is 5.15 Å². The van der Waals surface area contributed by atoms with Gasteiger partial charge >= 0.3 is 0 Å². The predicted octanol–water partition coefficient (Wildman–Crippen LogP) is 4.00. The van der Waals surface area contributed by atoms with Gasteiger partial charge in [-0.15, -0.1) is 0 Å². The molecule has 0 saturated heterocycles. The van der Waals surface area contributed by atoms with Crippen LogP contribution < -0.4 is 4.90 Å². The normalized spacial score (nSPS) is 11.0. The van der Waals surface area contributed by atoms with Crippen LogP contribution >= 0.6 is 11.6 Å². The van der Waals surface area contributed by atoms with Gasteiger partial charge in [0.25, 0.3) is 0 Å². The van der Waals surface area contributed by atoms with Crippen LogP contribution in [0.5, 0.6) is 0 Å². The number of hydrogen-bond acceptors (Lipinski definition) is 3. The van der Waals surface area contributed by atoms with Crippen LogP contribution in [0.4, 0.5) is 5.69 Å². The highest BCUT2D eigenvalue weighted by molar-refractivity contribution is 6.32. The largest absolute Gasteiger partial charge is 0.358 e. The lowest BCUT2D eigenvalue weighted by atomic mass is 10.2. The first-order valence-corrected chi connectivity index (χ1v) is 8.98. The smallest absolute Gasteiger partial charge is 0.227 e. The molecule has 0 aliphatic rings. The van der Waals surface area contributed by atoms with E-state index in [0.29, 0.717) is 18.5 Å². The summed E-state index contributed by atoms with van der Waals surface area (Å²) in [7, 11) is 1.71. The maximum absolute atomic E-state index is 12.6. The van der Waals surface area contributed by atoms with Crippen LogP contribution in [-0.2, 0) is 11.2 Å². The number of carbonyl (C=O) groups excluding carboxylic acids is 1. The summed E-state index contributed by atoms with van der Waals surface area (Å²) < 4.78 is 1.62. The van der Waals surface area contributed by atoms with Crippen LogP contribution in [0.15, 0.2) is 61.1 Å². The number of nitrogens with one attached hydrogen (secondary N) is 1. The summed E-state index contributed by atoms with van der Waals surface area (Å²) in [6.45, 7) is 0. The molecule has 27 heavy (non-hydrogen) atoms. The molecule has 0 atom stereocenters. The molecule has 0 aliphatic carbocycles. The van der Waals surface area contributed by atoms with Crippen molar-refractivity contribution in [3.8, 4) is 5.69 Å². The first-order valence-electron chi connectivity index (χ1n) is 8.60. The number of pyridine rings is 1. The number of aryl methyl sites for hydroxylation is 1. The van der Waals surface area contributed by atoms with E-state index in [0.717, 1.165) is 22.3 Å². The number of aromatic amines is 1. The monoisotopic (exact) mass is 379 g/mol. The second kappa shape index (κ2) is 7.25. The first kappa shape index (κ1) is 17.3. The molecule has 7 heteroatoms. The molecule has 4 rings (SSSR count). The van der Waals surface area contributed by atoms with Gasteiger partial charge < -0.3 is 9.88 Å². The van der Waals surface area contributed by atoms with Gasteiger partial charge in [0.05, 0.1) is 18.1 Å². The van der Waals surface area contributed by atoms with Gasteiger partial charge in [-0.2, -0.15) is 5.10 Å². The van der Waals surface area contributed by atoms with E-state index < -0.39 is 0 Å². The van der Waals surface area contributed by atoms with Gasteiger partial charge in [0, 0.05) is 30.9 Å². The van der Waals surface area contributed by atoms with Gasteiger partial charge in [-0.25, -0.2) is 4.68 Å². The minimum absolute atomic E-state index is 0.0266. The Balaban J connectivity index is 1.46. The zero-order valence-corrected chi connectivity index (χ0v) is 15.5. The standard InChI is InChI=1S/C20H18ClN5O/c1-25(18-13-26(24-20(18)21)16-6-4-10-22-12-16)19(27)9-8-15-11-14-5-2-3-7-17(14)23-15/h2-7,10-13,23H,8-9H2,1H3. The number of nitrogens with zero attached hydrogens (tertiary/aromatic N) is 4. The average molecular weight is 380 g/mol. The predicted molar refractivity (Wildman–Crippen MR) is 106 cm³/mol. The molecule has 0 aliphatic heterocycles. The second-order valence-corrected chi connectivity index (χ2v) is 6.65. The third kappa shape index (κ3) is 3.57. The van der Waals surface area contributed by atoms with Crippen LogP contribution in [0.3, 0.4) is 0 Å². The van der Waals surface area contributed by atoms with Gasteiger partial charge in [-0.1, -0.05) is 29.8 Å². The second-order valence-electron chi connectivity index (χ2n) is 6.30. The average Bonchev–Trinajstić information content (AvgIpc) is 3.29. The first-order chi connectivity index (χ1) is 13.1. The Bertz CT molecular complexity index is 1050. The Morgan fingerprint density at radius 2 is 2.11 bits per heavy atom. The number of para-hydroxylation sites is 1. The lowest BCUT2D eigenvalue weighted by molar-refractivity contribution is -0.118. The quantitative estimate of drug-likeness (QED) is 0.570. The zero-order chi connectivity index (χ0) is 18.8. The van der Waals surface area contributed by atoms with Crippen molar-refractivity contribution in [1.82, 2.24) is 19.7 Å². The number of H-pyrrole nitrogens is 1. The van der Waals surface area contributed by atoms with Crippen LogP contribution in [-0.4, -0.2) is 32.7 Å². The number of hydrogen-bond donors (Lipinski definition) is 1. The van der Waals surface area contributed by atoms with Crippen LogP contribution in [0.1, 0.15) is 12.1 Å². The van der Waals surface area contributed by atoms with Crippen molar-refractivity contribution in [3.05, 3.63) is 71.9 Å². The molecule has 1 aromatic carbocycles. The Kier molecular flexibility index (Phi) is 4.64. The fourth-order valence-corrected chi connectivity index (χ4v) is 3.26.